The smallest absolute Gasteiger partial charge is 0.171 e. The number of hydrogen-bond donors (Lipinski definition) is 0. The Morgan fingerprint density at radius 3 is 0.410 bits per heavy atom. The van der Waals surface area contributed by atoms with Crippen LogP contribution in [0.15, 0.2) is 138 Å². The van der Waals surface area contributed by atoms with Gasteiger partial charge in [-0.05, 0) is 327 Å². The predicted octanol–water partition coefficient (Wildman–Crippen LogP) is 16.2. The van der Waals surface area contributed by atoms with Crippen LogP contribution < -0.4 is 14.7 Å². The number of rotatable bonds is 27. The van der Waals surface area contributed by atoms with E-state index >= 15 is 0 Å². The van der Waals surface area contributed by atoms with Crippen LogP contribution in [0.3, 0.4) is 0 Å². The number of anilines is 9. The fourth-order valence-corrected chi connectivity index (χ4v) is 33.2. The zero-order valence-corrected chi connectivity index (χ0v) is 75.4. The molecule has 3 aromatic carbocycles. The molecule has 1 aliphatic heterocycles. The van der Waals surface area contributed by atoms with E-state index in [1.165, 1.54) is 0 Å². The molecule has 30 nitrogen and oxygen atoms in total. The Labute approximate surface area is 632 Å². The molecule has 0 spiro atoms. The number of nitrogens with zero attached hydrogens (tertiary/aromatic N) is 30. The van der Waals surface area contributed by atoms with Gasteiger partial charge in [0.15, 0.2) is 45.0 Å². The van der Waals surface area contributed by atoms with Crippen LogP contribution in [-0.2, 0) is 0 Å². The second-order valence-electron chi connectivity index (χ2n) is 29.3. The third kappa shape index (κ3) is 16.9. The summed E-state index contributed by atoms with van der Waals surface area (Å²) >= 11 is 0. The molecule has 0 unspecified atom stereocenters. The summed E-state index contributed by atoms with van der Waals surface area (Å²) in [6, 6.07) is 37.8. The lowest BCUT2D eigenvalue weighted by atomic mass is 10.2. The first-order chi connectivity index (χ1) is 48.8. The van der Waals surface area contributed by atoms with Crippen molar-refractivity contribution < 1.29 is 0 Å². The Hall–Kier alpha value is -4.83. The second kappa shape index (κ2) is 34.6. The standard InChI is InChI=1S/C69H126N30P6/c1-79(2)100(80(3)4,81(5)6)73-55-37-43-61(44-38-55)97-64-49-58(76-103(88(19)20,89(21)22)90(23)24)51-66(70-64)98(62-45-39-56(40-46-62)74-101(82(7)8,83(9)10)84(11)12)68-53-60(78-105(94(31)32,95(33)34)96(35)36)54-69(72-68)99(63-47-41-57(42-48-63)75-102(85(13)14,86(15)16)87(17)18)67-52-59(50-65(97)71-67)77-104(91(25)26,92(27)28)93(29)30/h37-54H,1-36H3. The summed E-state index contributed by atoms with van der Waals surface area (Å²) in [5, 5.41) is 0. The van der Waals surface area contributed by atoms with Crippen LogP contribution in [0.5, 0.6) is 0 Å². The Bertz CT molecular complexity index is 3660. The topological polar surface area (TPSA) is 181 Å². The molecule has 0 atom stereocenters. The molecule has 36 heteroatoms. The van der Waals surface area contributed by atoms with Gasteiger partial charge in [0.1, 0.15) is 34.9 Å². The lowest BCUT2D eigenvalue weighted by Gasteiger charge is -2.41. The maximum absolute atomic E-state index is 5.97. The van der Waals surface area contributed by atoms with Crippen molar-refractivity contribution >= 4 is 131 Å². The van der Waals surface area contributed by atoms with E-state index in [4.69, 9.17) is 43.4 Å². The maximum Gasteiger partial charge on any atom is 0.171 e. The van der Waals surface area contributed by atoms with Gasteiger partial charge in [-0.1, -0.05) is 0 Å². The third-order valence-electron chi connectivity index (χ3n) is 18.2. The van der Waals surface area contributed by atoms with E-state index < -0.39 is 45.0 Å². The highest BCUT2D eigenvalue weighted by molar-refractivity contribution is 7.61. The van der Waals surface area contributed by atoms with Crippen LogP contribution in [0.2, 0.25) is 0 Å². The van der Waals surface area contributed by atoms with E-state index in [0.717, 1.165) is 34.1 Å². The molecule has 0 saturated carbocycles. The van der Waals surface area contributed by atoms with Crippen molar-refractivity contribution in [3.05, 3.63) is 109 Å². The fourth-order valence-electron chi connectivity index (χ4n) is 14.5. The largest absolute Gasteiger partial charge is 0.279 e. The lowest BCUT2D eigenvalue weighted by Crippen LogP contribution is -2.30. The first-order valence-corrected chi connectivity index (χ1v) is 44.1. The molecule has 105 heavy (non-hydrogen) atoms. The number of hydrogen-bond acceptors (Lipinski definition) is 12. The van der Waals surface area contributed by atoms with Crippen LogP contribution in [0.1, 0.15) is 0 Å². The third-order valence-corrected chi connectivity index (χ3v) is 40.5. The minimum Gasteiger partial charge on any atom is -0.279 e. The van der Waals surface area contributed by atoms with Crippen molar-refractivity contribution in [1.29, 1.82) is 0 Å². The molecule has 3 aromatic heterocycles. The fraction of sp³-hybridized carbons (Fsp3) is 0.522. The van der Waals surface area contributed by atoms with E-state index in [-0.39, 0.29) is 0 Å². The van der Waals surface area contributed by atoms with Crippen molar-refractivity contribution in [2.45, 2.75) is 0 Å². The highest BCUT2D eigenvalue weighted by Crippen LogP contribution is 2.63. The Balaban J connectivity index is 1.89. The van der Waals surface area contributed by atoms with Crippen molar-refractivity contribution in [1.82, 2.24) is 99.0 Å². The zero-order valence-electron chi connectivity index (χ0n) is 70.0. The molecular formula is C69H126N30P6. The normalized spacial score (nSPS) is 14.1. The van der Waals surface area contributed by atoms with Gasteiger partial charge < -0.3 is 0 Å². The molecule has 4 heterocycles. The van der Waals surface area contributed by atoms with Gasteiger partial charge in [0.2, 0.25) is 0 Å². The Morgan fingerprint density at radius 1 is 0.181 bits per heavy atom. The molecule has 0 saturated heterocycles. The van der Waals surface area contributed by atoms with Gasteiger partial charge in [0, 0.05) is 53.5 Å². The highest BCUT2D eigenvalue weighted by Gasteiger charge is 2.37. The first kappa shape index (κ1) is 87.4. The molecule has 1 aliphatic rings. The number of pyridine rings is 3. The molecule has 6 aromatic rings. The molecule has 0 amide bonds. The van der Waals surface area contributed by atoms with E-state index in [1.807, 2.05) is 0 Å². The quantitative estimate of drug-likeness (QED) is 0.0443. The van der Waals surface area contributed by atoms with Crippen LogP contribution in [-0.4, -0.2) is 353 Å². The number of benzene rings is 3. The number of fused-ring (bicyclic) bond motifs is 6. The summed E-state index contributed by atoms with van der Waals surface area (Å²) in [4.78, 5) is 24.3. The molecule has 0 aliphatic carbocycles. The van der Waals surface area contributed by atoms with Crippen LogP contribution in [0.4, 0.5) is 86.1 Å². The van der Waals surface area contributed by atoms with Crippen LogP contribution >= 0.6 is 45.0 Å². The van der Waals surface area contributed by atoms with Gasteiger partial charge in [-0.3, -0.25) is 98.8 Å². The molecule has 0 radical (unpaired) electrons. The summed E-state index contributed by atoms with van der Waals surface area (Å²) in [6.07, 6.45) is 0. The summed E-state index contributed by atoms with van der Waals surface area (Å²) < 4.78 is 74.7. The monoisotopic (exact) mass is 1560 g/mol. The van der Waals surface area contributed by atoms with Gasteiger partial charge in [-0.15, -0.1) is 0 Å². The zero-order chi connectivity index (χ0) is 78.9. The molecular weight excluding hydrogens is 1430 g/mol. The van der Waals surface area contributed by atoms with Gasteiger partial charge in [0.25, 0.3) is 0 Å². The van der Waals surface area contributed by atoms with Crippen molar-refractivity contribution in [3.63, 3.8) is 0 Å². The Morgan fingerprint density at radius 2 is 0.295 bits per heavy atom. The average molecular weight is 1560 g/mol. The van der Waals surface area contributed by atoms with Crippen molar-refractivity contribution in [3.8, 4) is 0 Å². The first-order valence-electron chi connectivity index (χ1n) is 34.5. The van der Waals surface area contributed by atoms with E-state index in [2.05, 4.69) is 462 Å². The summed E-state index contributed by atoms with van der Waals surface area (Å²) in [7, 11) is 60.2. The minimum atomic E-state index is -2.70. The molecule has 6 bridgehead atoms. The van der Waals surface area contributed by atoms with Crippen LogP contribution in [0, 0.1) is 0 Å². The minimum absolute atomic E-state index is 0.520. The molecule has 582 valence electrons. The average Bonchev–Trinajstić information content (AvgIpc) is 0.738. The molecule has 0 N–H and O–H groups in total. The van der Waals surface area contributed by atoms with E-state index in [9.17, 15) is 0 Å². The van der Waals surface area contributed by atoms with E-state index in [1.54, 1.807) is 0 Å². The second-order valence-corrected chi connectivity index (χ2v) is 51.3. The van der Waals surface area contributed by atoms with Gasteiger partial charge >= 0.3 is 0 Å². The predicted molar refractivity (Wildman–Crippen MR) is 458 cm³/mol. The summed E-state index contributed by atoms with van der Waals surface area (Å²) in [5.41, 5.74) is 6.69. The highest BCUT2D eigenvalue weighted by atomic mass is 31.2. The summed E-state index contributed by atoms with van der Waals surface area (Å²) in [6.45, 7) is 0. The summed E-state index contributed by atoms with van der Waals surface area (Å²) in [5.74, 6) is 3.12. The number of aromatic nitrogens is 3. The van der Waals surface area contributed by atoms with Crippen LogP contribution in [0.25, 0.3) is 0 Å². The van der Waals surface area contributed by atoms with E-state index in [0.29, 0.717) is 52.0 Å². The SMILES string of the molecule is CN(C)P(=Nc1ccc(N2c3cc(N=P(N(C)C)(N(C)C)N(C)C)cc(n3)N(c3ccc(N=P(N(C)C)(N(C)C)N(C)C)cc3)c3cc(N=P(N(C)C)(N(C)C)N(C)C)cc(n3)N(c3ccc(N=P(N(C)C)(N(C)C)N(C)C)cc3)c3cc(N=P(N(C)C)(N(C)C)N(C)C)cc2n3)cc1)(N(C)C)N(C)C. The van der Waals surface area contributed by atoms with Gasteiger partial charge in [-0.25, -0.2) is 43.4 Å². The van der Waals surface area contributed by atoms with Gasteiger partial charge in [0.05, 0.1) is 34.1 Å². The maximum atomic E-state index is 5.97. The van der Waals surface area contributed by atoms with Gasteiger partial charge in [-0.2, -0.15) is 0 Å². The lowest BCUT2D eigenvalue weighted by molar-refractivity contribution is 0.474. The molecule has 7 rings (SSSR count). The molecule has 0 fully saturated rings. The Kier molecular flexibility index (Phi) is 28.8. The van der Waals surface area contributed by atoms with Crippen molar-refractivity contribution in [2.75, 3.05) is 268 Å². The van der Waals surface area contributed by atoms with Crippen molar-refractivity contribution in [2.24, 2.45) is 28.5 Å².